The summed E-state index contributed by atoms with van der Waals surface area (Å²) in [7, 11) is 0. The largest absolute Gasteiger partial charge is 0.379 e. The van der Waals surface area contributed by atoms with Gasteiger partial charge >= 0.3 is 0 Å². The number of rotatable bonds is 8. The van der Waals surface area contributed by atoms with Crippen LogP contribution in [0.3, 0.4) is 0 Å². The number of carbonyl (C=O) groups excluding carboxylic acids is 1. The molecule has 1 saturated heterocycles. The maximum absolute atomic E-state index is 12.4. The Morgan fingerprint density at radius 2 is 2.03 bits per heavy atom. The highest BCUT2D eigenvalue weighted by Crippen LogP contribution is 2.39. The second-order valence-corrected chi connectivity index (χ2v) is 10.6. The van der Waals surface area contributed by atoms with Crippen LogP contribution in [0.25, 0.3) is 10.2 Å². The molecule has 0 atom stereocenters. The Balaban J connectivity index is 1.53. The summed E-state index contributed by atoms with van der Waals surface area (Å²) < 4.78 is 5.47. The topological polar surface area (TPSA) is 67.4 Å². The van der Waals surface area contributed by atoms with Crippen LogP contribution in [0.4, 0.5) is 0 Å². The van der Waals surface area contributed by atoms with E-state index in [0.717, 1.165) is 74.3 Å². The average molecular weight is 449 g/mol. The number of nitrogens with one attached hydrogen (secondary N) is 1. The van der Waals surface area contributed by atoms with Gasteiger partial charge < -0.3 is 10.1 Å². The van der Waals surface area contributed by atoms with E-state index in [1.54, 1.807) is 11.8 Å². The van der Waals surface area contributed by atoms with Crippen LogP contribution in [-0.4, -0.2) is 59.4 Å². The Labute approximate surface area is 187 Å². The Hall–Kier alpha value is -1.22. The number of nitrogens with zero attached hydrogens (tertiary/aromatic N) is 3. The number of aromatic nitrogens is 2. The minimum atomic E-state index is 0.0891. The molecular formula is C22H32N4O2S2. The highest BCUT2D eigenvalue weighted by Gasteiger charge is 2.23. The van der Waals surface area contributed by atoms with Crippen LogP contribution in [-0.2, 0) is 28.9 Å². The monoisotopic (exact) mass is 448 g/mol. The molecule has 0 aromatic carbocycles. The first-order chi connectivity index (χ1) is 14.6. The van der Waals surface area contributed by atoms with E-state index in [1.165, 1.54) is 28.7 Å². The molecule has 3 heterocycles. The normalized spacial score (nSPS) is 17.4. The van der Waals surface area contributed by atoms with E-state index >= 15 is 0 Å². The number of amides is 1. The van der Waals surface area contributed by atoms with Crippen LogP contribution in [0, 0.1) is 5.92 Å². The van der Waals surface area contributed by atoms with Crippen molar-refractivity contribution in [2.24, 2.45) is 5.92 Å². The Morgan fingerprint density at radius 3 is 2.83 bits per heavy atom. The molecule has 2 aliphatic rings. The van der Waals surface area contributed by atoms with Crippen molar-refractivity contribution >= 4 is 39.2 Å². The fourth-order valence-electron chi connectivity index (χ4n) is 3.99. The van der Waals surface area contributed by atoms with Gasteiger partial charge in [-0.3, -0.25) is 9.69 Å². The molecule has 6 nitrogen and oxygen atoms in total. The minimum Gasteiger partial charge on any atom is -0.379 e. The van der Waals surface area contributed by atoms with Gasteiger partial charge in [0.15, 0.2) is 0 Å². The highest BCUT2D eigenvalue weighted by atomic mass is 32.2. The lowest BCUT2D eigenvalue weighted by Crippen LogP contribution is -2.36. The van der Waals surface area contributed by atoms with E-state index in [9.17, 15) is 4.79 Å². The first-order valence-electron chi connectivity index (χ1n) is 11.1. The summed E-state index contributed by atoms with van der Waals surface area (Å²) in [6.45, 7) is 9.22. The quantitative estimate of drug-likeness (QED) is 0.491. The Kier molecular flexibility index (Phi) is 7.62. The average Bonchev–Trinajstić information content (AvgIpc) is 3.11. The van der Waals surface area contributed by atoms with Crippen LogP contribution in [0.15, 0.2) is 5.03 Å². The van der Waals surface area contributed by atoms with Gasteiger partial charge in [0.1, 0.15) is 15.7 Å². The van der Waals surface area contributed by atoms with Gasteiger partial charge in [0.25, 0.3) is 0 Å². The summed E-state index contributed by atoms with van der Waals surface area (Å²) in [5.74, 6) is 1.96. The molecule has 4 rings (SSSR count). The van der Waals surface area contributed by atoms with E-state index < -0.39 is 0 Å². The number of fused-ring (bicyclic) bond motifs is 3. The number of carbonyl (C=O) groups is 1. The van der Waals surface area contributed by atoms with Gasteiger partial charge in [0.05, 0.1) is 25.5 Å². The van der Waals surface area contributed by atoms with E-state index in [0.29, 0.717) is 11.7 Å². The van der Waals surface area contributed by atoms with E-state index in [1.807, 2.05) is 11.3 Å². The lowest BCUT2D eigenvalue weighted by atomic mass is 9.97. The van der Waals surface area contributed by atoms with E-state index in [4.69, 9.17) is 14.7 Å². The number of morpholine rings is 1. The first-order valence-corrected chi connectivity index (χ1v) is 12.9. The molecular weight excluding hydrogens is 416 g/mol. The first kappa shape index (κ1) is 22.0. The van der Waals surface area contributed by atoms with Crippen molar-refractivity contribution in [3.8, 4) is 0 Å². The summed E-state index contributed by atoms with van der Waals surface area (Å²) in [5.41, 5.74) is 1.43. The fourth-order valence-corrected chi connectivity index (χ4v) is 6.23. The van der Waals surface area contributed by atoms with Gasteiger partial charge in [-0.05, 0) is 43.6 Å². The second kappa shape index (κ2) is 10.4. The molecule has 1 N–H and O–H groups in total. The zero-order valence-corrected chi connectivity index (χ0v) is 19.7. The zero-order chi connectivity index (χ0) is 20.9. The van der Waals surface area contributed by atoms with Crippen molar-refractivity contribution < 1.29 is 9.53 Å². The molecule has 0 radical (unpaired) electrons. The molecule has 2 aromatic rings. The lowest BCUT2D eigenvalue weighted by Gasteiger charge is -2.25. The second-order valence-electron chi connectivity index (χ2n) is 8.55. The molecule has 0 spiro atoms. The number of hydrogen-bond donors (Lipinski definition) is 1. The molecule has 1 aliphatic carbocycles. The van der Waals surface area contributed by atoms with Crippen molar-refractivity contribution in [3.05, 3.63) is 16.3 Å². The van der Waals surface area contributed by atoms with E-state index in [-0.39, 0.29) is 5.91 Å². The Morgan fingerprint density at radius 1 is 1.23 bits per heavy atom. The van der Waals surface area contributed by atoms with Crippen LogP contribution >= 0.6 is 23.1 Å². The van der Waals surface area contributed by atoms with Crippen LogP contribution in [0.5, 0.6) is 0 Å². The SMILES string of the molecule is CC(C)CCNC(=O)CSc1nc(CN2CCOCC2)nc2sc3c(c12)CCCC3. The number of thiophene rings is 1. The number of thioether (sulfide) groups is 1. The fraction of sp³-hybridized carbons (Fsp3) is 0.682. The lowest BCUT2D eigenvalue weighted by molar-refractivity contribution is -0.118. The summed E-state index contributed by atoms with van der Waals surface area (Å²) in [5, 5.41) is 5.24. The number of aryl methyl sites for hydroxylation is 2. The van der Waals surface area contributed by atoms with Gasteiger partial charge in [-0.1, -0.05) is 25.6 Å². The van der Waals surface area contributed by atoms with Crippen molar-refractivity contribution in [1.82, 2.24) is 20.2 Å². The minimum absolute atomic E-state index is 0.0891. The van der Waals surface area contributed by atoms with E-state index in [2.05, 4.69) is 24.1 Å². The molecule has 0 unspecified atom stereocenters. The predicted octanol–water partition coefficient (Wildman–Crippen LogP) is 3.66. The molecule has 8 heteroatoms. The molecule has 0 bridgehead atoms. The summed E-state index contributed by atoms with van der Waals surface area (Å²) in [6.07, 6.45) is 5.75. The smallest absolute Gasteiger partial charge is 0.230 e. The highest BCUT2D eigenvalue weighted by molar-refractivity contribution is 8.00. The van der Waals surface area contributed by atoms with Gasteiger partial charge in [-0.2, -0.15) is 0 Å². The Bertz CT molecular complexity index is 878. The zero-order valence-electron chi connectivity index (χ0n) is 18.0. The van der Waals surface area contributed by atoms with Crippen LogP contribution in [0.2, 0.25) is 0 Å². The standard InChI is InChI=1S/C22H32N4O2S2/c1-15(2)7-8-23-19(27)14-29-21-20-16-5-3-4-6-17(16)30-22(20)25-18(24-21)13-26-9-11-28-12-10-26/h15H,3-14H2,1-2H3,(H,23,27). The van der Waals surface area contributed by atoms with Crippen molar-refractivity contribution in [2.75, 3.05) is 38.6 Å². The summed E-state index contributed by atoms with van der Waals surface area (Å²) in [6, 6.07) is 0. The van der Waals surface area contributed by atoms with Gasteiger partial charge in [-0.15, -0.1) is 11.3 Å². The maximum Gasteiger partial charge on any atom is 0.230 e. The van der Waals surface area contributed by atoms with Gasteiger partial charge in [0, 0.05) is 29.9 Å². The molecule has 1 fully saturated rings. The van der Waals surface area contributed by atoms with Crippen molar-refractivity contribution in [2.45, 2.75) is 57.5 Å². The van der Waals surface area contributed by atoms with Crippen molar-refractivity contribution in [1.29, 1.82) is 0 Å². The molecule has 30 heavy (non-hydrogen) atoms. The summed E-state index contributed by atoms with van der Waals surface area (Å²) >= 11 is 3.40. The molecule has 1 aliphatic heterocycles. The number of hydrogen-bond acceptors (Lipinski definition) is 7. The van der Waals surface area contributed by atoms with Gasteiger partial charge in [-0.25, -0.2) is 9.97 Å². The summed E-state index contributed by atoms with van der Waals surface area (Å²) in [4.78, 5) is 27.2. The predicted molar refractivity (Wildman–Crippen MR) is 123 cm³/mol. The third-order valence-corrected chi connectivity index (χ3v) is 7.84. The third kappa shape index (κ3) is 5.52. The van der Waals surface area contributed by atoms with Crippen LogP contribution in [0.1, 0.15) is 49.4 Å². The molecule has 1 amide bonds. The third-order valence-electron chi connectivity index (χ3n) is 5.68. The van der Waals surface area contributed by atoms with Crippen LogP contribution < -0.4 is 5.32 Å². The maximum atomic E-state index is 12.4. The number of ether oxygens (including phenoxy) is 1. The van der Waals surface area contributed by atoms with Crippen molar-refractivity contribution in [3.63, 3.8) is 0 Å². The molecule has 0 saturated carbocycles. The van der Waals surface area contributed by atoms with Gasteiger partial charge in [0.2, 0.25) is 5.91 Å². The molecule has 164 valence electrons. The molecule has 2 aromatic heterocycles.